The number of likely N-dealkylation sites (tertiary alicyclic amines) is 1. The Bertz CT molecular complexity index is 1160. The Labute approximate surface area is 203 Å². The molecule has 0 aromatic heterocycles. The summed E-state index contributed by atoms with van der Waals surface area (Å²) in [6, 6.07) is 23.8. The van der Waals surface area contributed by atoms with E-state index in [4.69, 9.17) is 9.47 Å². The molecule has 174 valence electrons. The van der Waals surface area contributed by atoms with Gasteiger partial charge in [-0.2, -0.15) is 0 Å². The quantitative estimate of drug-likeness (QED) is 0.325. The molecule has 3 aromatic carbocycles. The Morgan fingerprint density at radius 2 is 1.38 bits per heavy atom. The molecule has 0 unspecified atom stereocenters. The molecular formula is C31H33NO2. The molecule has 0 spiro atoms. The first-order valence-electron chi connectivity index (χ1n) is 12.3. The minimum absolute atomic E-state index is 0.813. The van der Waals surface area contributed by atoms with Crippen molar-refractivity contribution < 1.29 is 9.47 Å². The molecule has 3 heteroatoms. The van der Waals surface area contributed by atoms with E-state index in [1.54, 1.807) is 19.8 Å². The van der Waals surface area contributed by atoms with Crippen molar-refractivity contribution in [2.45, 2.75) is 25.7 Å². The van der Waals surface area contributed by atoms with E-state index in [-0.39, 0.29) is 0 Å². The first-order chi connectivity index (χ1) is 16.8. The Kier molecular flexibility index (Phi) is 6.82. The summed E-state index contributed by atoms with van der Waals surface area (Å²) in [4.78, 5) is 2.61. The summed E-state index contributed by atoms with van der Waals surface area (Å²) in [7, 11) is 3.42. The van der Waals surface area contributed by atoms with Crippen LogP contribution in [0, 0.1) is 0 Å². The van der Waals surface area contributed by atoms with Crippen LogP contribution in [0.4, 0.5) is 0 Å². The SMILES string of the molecule is COc1cccc(CCCN2CCC(=C3c4ccccc4C=Cc4ccccc43)CC2)c1OC. The van der Waals surface area contributed by atoms with Crippen LogP contribution < -0.4 is 9.47 Å². The van der Waals surface area contributed by atoms with Crippen molar-refractivity contribution in [3.8, 4) is 11.5 Å². The van der Waals surface area contributed by atoms with Gasteiger partial charge < -0.3 is 14.4 Å². The van der Waals surface area contributed by atoms with Crippen LogP contribution in [0.3, 0.4) is 0 Å². The molecule has 1 aliphatic carbocycles. The van der Waals surface area contributed by atoms with Crippen LogP contribution in [0.2, 0.25) is 0 Å². The molecule has 1 heterocycles. The third-order valence-electron chi connectivity index (χ3n) is 7.12. The number of hydrogen-bond donors (Lipinski definition) is 0. The van der Waals surface area contributed by atoms with Crippen molar-refractivity contribution in [3.05, 3.63) is 100 Å². The van der Waals surface area contributed by atoms with Crippen molar-refractivity contribution >= 4 is 17.7 Å². The first-order valence-corrected chi connectivity index (χ1v) is 12.3. The second-order valence-corrected chi connectivity index (χ2v) is 9.08. The lowest BCUT2D eigenvalue weighted by molar-refractivity contribution is 0.253. The lowest BCUT2D eigenvalue weighted by Crippen LogP contribution is -2.32. The molecule has 3 nitrogen and oxygen atoms in total. The zero-order valence-electron chi connectivity index (χ0n) is 20.2. The van der Waals surface area contributed by atoms with Gasteiger partial charge in [0.2, 0.25) is 0 Å². The number of ether oxygens (including phenoxy) is 2. The van der Waals surface area contributed by atoms with Crippen molar-refractivity contribution in [2.75, 3.05) is 33.9 Å². The lowest BCUT2D eigenvalue weighted by atomic mass is 9.86. The number of rotatable bonds is 6. The highest BCUT2D eigenvalue weighted by molar-refractivity contribution is 5.94. The summed E-state index contributed by atoms with van der Waals surface area (Å²) in [5, 5.41) is 0. The van der Waals surface area contributed by atoms with E-state index >= 15 is 0 Å². The molecule has 1 fully saturated rings. The zero-order chi connectivity index (χ0) is 23.3. The van der Waals surface area contributed by atoms with Crippen LogP contribution in [-0.2, 0) is 6.42 Å². The van der Waals surface area contributed by atoms with Crippen LogP contribution in [0.1, 0.15) is 47.1 Å². The van der Waals surface area contributed by atoms with Crippen molar-refractivity contribution in [1.29, 1.82) is 0 Å². The highest BCUT2D eigenvalue weighted by atomic mass is 16.5. The van der Waals surface area contributed by atoms with E-state index in [1.807, 2.05) is 12.1 Å². The van der Waals surface area contributed by atoms with Gasteiger partial charge in [-0.1, -0.05) is 78.4 Å². The van der Waals surface area contributed by atoms with Gasteiger partial charge in [0.25, 0.3) is 0 Å². The Morgan fingerprint density at radius 1 is 0.735 bits per heavy atom. The molecule has 1 aliphatic heterocycles. The predicted molar refractivity (Wildman–Crippen MR) is 141 cm³/mol. The van der Waals surface area contributed by atoms with Crippen LogP contribution in [0.25, 0.3) is 17.7 Å². The molecule has 1 saturated heterocycles. The van der Waals surface area contributed by atoms with Gasteiger partial charge in [0.05, 0.1) is 14.2 Å². The number of para-hydroxylation sites is 1. The third kappa shape index (κ3) is 4.53. The molecule has 34 heavy (non-hydrogen) atoms. The minimum atomic E-state index is 0.813. The number of benzene rings is 3. The van der Waals surface area contributed by atoms with Crippen LogP contribution in [0.15, 0.2) is 72.3 Å². The van der Waals surface area contributed by atoms with Crippen LogP contribution >= 0.6 is 0 Å². The van der Waals surface area contributed by atoms with E-state index in [1.165, 1.54) is 33.4 Å². The van der Waals surface area contributed by atoms with E-state index in [0.717, 1.165) is 56.8 Å². The summed E-state index contributed by atoms with van der Waals surface area (Å²) in [5.41, 5.74) is 9.65. The van der Waals surface area contributed by atoms with Crippen molar-refractivity contribution in [1.82, 2.24) is 4.90 Å². The molecule has 0 bridgehead atoms. The Balaban J connectivity index is 1.30. The Hall–Kier alpha value is -3.30. The fourth-order valence-corrected chi connectivity index (χ4v) is 5.39. The summed E-state index contributed by atoms with van der Waals surface area (Å²) >= 11 is 0. The maximum Gasteiger partial charge on any atom is 0.163 e. The number of nitrogens with zero attached hydrogens (tertiary/aromatic N) is 1. The molecule has 0 saturated carbocycles. The van der Waals surface area contributed by atoms with Gasteiger partial charge in [0.15, 0.2) is 11.5 Å². The summed E-state index contributed by atoms with van der Waals surface area (Å²) in [5.74, 6) is 1.68. The minimum Gasteiger partial charge on any atom is -0.493 e. The van der Waals surface area contributed by atoms with Crippen LogP contribution in [0.5, 0.6) is 11.5 Å². The normalized spacial score (nSPS) is 15.5. The maximum absolute atomic E-state index is 5.61. The largest absolute Gasteiger partial charge is 0.493 e. The van der Waals surface area contributed by atoms with Gasteiger partial charge >= 0.3 is 0 Å². The van der Waals surface area contributed by atoms with Gasteiger partial charge in [-0.25, -0.2) is 0 Å². The molecular weight excluding hydrogens is 418 g/mol. The average molecular weight is 452 g/mol. The van der Waals surface area contributed by atoms with E-state index < -0.39 is 0 Å². The summed E-state index contributed by atoms with van der Waals surface area (Å²) < 4.78 is 11.1. The molecule has 5 rings (SSSR count). The molecule has 0 atom stereocenters. The predicted octanol–water partition coefficient (Wildman–Crippen LogP) is 6.72. The van der Waals surface area contributed by atoms with E-state index in [0.29, 0.717) is 0 Å². The average Bonchev–Trinajstić information content (AvgIpc) is 3.06. The van der Waals surface area contributed by atoms with Gasteiger partial charge in [0, 0.05) is 13.1 Å². The van der Waals surface area contributed by atoms with E-state index in [2.05, 4.69) is 71.6 Å². The highest BCUT2D eigenvalue weighted by Crippen LogP contribution is 2.38. The number of fused-ring (bicyclic) bond motifs is 2. The zero-order valence-corrected chi connectivity index (χ0v) is 20.2. The monoisotopic (exact) mass is 451 g/mol. The maximum atomic E-state index is 5.61. The topological polar surface area (TPSA) is 21.7 Å². The van der Waals surface area contributed by atoms with Crippen molar-refractivity contribution in [2.24, 2.45) is 0 Å². The van der Waals surface area contributed by atoms with Gasteiger partial charge in [-0.3, -0.25) is 0 Å². The van der Waals surface area contributed by atoms with Crippen molar-refractivity contribution in [3.63, 3.8) is 0 Å². The fraction of sp³-hybridized carbons (Fsp3) is 0.290. The standard InChI is InChI=1S/C31H33NO2/c1-33-29-15-7-11-26(31(29)34-2)12-8-20-32-21-18-25(19-22-32)30-27-13-5-3-9-23(27)16-17-24-10-4-6-14-28(24)30/h3-7,9-11,13-17H,8,12,18-22H2,1-2H3. The second-order valence-electron chi connectivity index (χ2n) is 9.08. The number of methoxy groups -OCH3 is 2. The third-order valence-corrected chi connectivity index (χ3v) is 7.12. The Morgan fingerprint density at radius 3 is 2.00 bits per heavy atom. The molecule has 0 N–H and O–H groups in total. The fourth-order valence-electron chi connectivity index (χ4n) is 5.39. The molecule has 0 radical (unpaired) electrons. The number of aryl methyl sites for hydroxylation is 1. The summed E-state index contributed by atoms with van der Waals surface area (Å²) in [6.07, 6.45) is 8.90. The van der Waals surface area contributed by atoms with Crippen LogP contribution in [-0.4, -0.2) is 38.8 Å². The summed E-state index contributed by atoms with van der Waals surface area (Å²) in [6.45, 7) is 3.34. The van der Waals surface area contributed by atoms with Gasteiger partial charge in [-0.05, 0) is 71.7 Å². The van der Waals surface area contributed by atoms with E-state index in [9.17, 15) is 0 Å². The molecule has 2 aliphatic rings. The second kappa shape index (κ2) is 10.3. The van der Waals surface area contributed by atoms with Gasteiger partial charge in [0.1, 0.15) is 0 Å². The number of hydrogen-bond acceptors (Lipinski definition) is 3. The van der Waals surface area contributed by atoms with Gasteiger partial charge in [-0.15, -0.1) is 0 Å². The smallest absolute Gasteiger partial charge is 0.163 e. The number of piperidine rings is 1. The molecule has 0 amide bonds. The highest BCUT2D eigenvalue weighted by Gasteiger charge is 2.22. The first kappa shape index (κ1) is 22.5. The molecule has 3 aromatic rings. The lowest BCUT2D eigenvalue weighted by Gasteiger charge is -2.30.